The number of carbonyl (C=O) groups excluding carboxylic acids is 1. The first-order valence-corrected chi connectivity index (χ1v) is 5.51. The van der Waals surface area contributed by atoms with E-state index < -0.39 is 5.54 Å². The molecule has 4 heteroatoms. The van der Waals surface area contributed by atoms with Crippen molar-refractivity contribution >= 4 is 5.91 Å². The first-order valence-electron chi connectivity index (χ1n) is 5.51. The van der Waals surface area contributed by atoms with Crippen LogP contribution in [0.25, 0.3) is 0 Å². The third-order valence-electron chi connectivity index (χ3n) is 2.12. The lowest BCUT2D eigenvalue weighted by molar-refractivity contribution is -0.122. The molecule has 0 saturated carbocycles. The molecule has 0 aliphatic carbocycles. The maximum atomic E-state index is 11.3. The van der Waals surface area contributed by atoms with Gasteiger partial charge in [-0.2, -0.15) is 0 Å². The molecule has 0 fully saturated rings. The molecule has 4 nitrogen and oxygen atoms in total. The fourth-order valence-corrected chi connectivity index (χ4v) is 1.25. The molecule has 0 heterocycles. The second-order valence-electron chi connectivity index (χ2n) is 4.95. The van der Waals surface area contributed by atoms with Gasteiger partial charge in [0, 0.05) is 25.1 Å². The lowest BCUT2D eigenvalue weighted by atomic mass is 10.0. The number of amides is 1. The van der Waals surface area contributed by atoms with Crippen molar-refractivity contribution < 1.29 is 9.90 Å². The van der Waals surface area contributed by atoms with Crippen LogP contribution in [-0.2, 0) is 4.79 Å². The number of hydrogen-bond acceptors (Lipinski definition) is 3. The summed E-state index contributed by atoms with van der Waals surface area (Å²) < 4.78 is 0. The molecule has 0 radical (unpaired) electrons. The number of nitrogens with one attached hydrogen (secondary N) is 1. The van der Waals surface area contributed by atoms with E-state index in [1.54, 1.807) is 0 Å². The van der Waals surface area contributed by atoms with Gasteiger partial charge in [-0.1, -0.05) is 6.92 Å². The molecule has 0 saturated heterocycles. The Kier molecular flexibility index (Phi) is 6.52. The van der Waals surface area contributed by atoms with Crippen LogP contribution in [0.4, 0.5) is 0 Å². The van der Waals surface area contributed by atoms with Crippen molar-refractivity contribution in [2.45, 2.75) is 45.6 Å². The van der Waals surface area contributed by atoms with E-state index in [0.29, 0.717) is 18.9 Å². The number of nitrogens with two attached hydrogens (primary N) is 1. The van der Waals surface area contributed by atoms with Gasteiger partial charge in [-0.25, -0.2) is 0 Å². The van der Waals surface area contributed by atoms with Gasteiger partial charge < -0.3 is 16.2 Å². The molecule has 4 N–H and O–H groups in total. The van der Waals surface area contributed by atoms with E-state index in [1.165, 1.54) is 0 Å². The number of aliphatic hydroxyl groups is 1. The van der Waals surface area contributed by atoms with Gasteiger partial charge in [0.25, 0.3) is 0 Å². The highest BCUT2D eigenvalue weighted by atomic mass is 16.3. The van der Waals surface area contributed by atoms with Crippen LogP contribution in [0.2, 0.25) is 0 Å². The topological polar surface area (TPSA) is 75.3 Å². The summed E-state index contributed by atoms with van der Waals surface area (Å²) in [5.74, 6) is 0.312. The van der Waals surface area contributed by atoms with Crippen molar-refractivity contribution in [3.8, 4) is 0 Å². The van der Waals surface area contributed by atoms with Crippen LogP contribution < -0.4 is 11.1 Å². The molecule has 90 valence electrons. The Morgan fingerprint density at radius 2 is 2.13 bits per heavy atom. The summed E-state index contributed by atoms with van der Waals surface area (Å²) in [4.78, 5) is 11.3. The van der Waals surface area contributed by atoms with E-state index in [9.17, 15) is 4.79 Å². The largest absolute Gasteiger partial charge is 0.396 e. The standard InChI is InChI=1S/C11H24N2O2/c1-9(8-14)5-4-6-13-10(15)7-11(2,3)12/h9,14H,4-8,12H2,1-3H3,(H,13,15). The Bertz CT molecular complexity index is 188. The summed E-state index contributed by atoms with van der Waals surface area (Å²) >= 11 is 0. The predicted octanol–water partition coefficient (Wildman–Crippen LogP) is 0.639. The van der Waals surface area contributed by atoms with Gasteiger partial charge >= 0.3 is 0 Å². The molecular formula is C11H24N2O2. The molecule has 1 amide bonds. The molecule has 0 aromatic heterocycles. The highest BCUT2D eigenvalue weighted by Crippen LogP contribution is 2.04. The zero-order chi connectivity index (χ0) is 11.9. The third-order valence-corrected chi connectivity index (χ3v) is 2.12. The van der Waals surface area contributed by atoms with Gasteiger partial charge in [-0.05, 0) is 32.6 Å². The van der Waals surface area contributed by atoms with Gasteiger partial charge in [0.05, 0.1) is 0 Å². The average Bonchev–Trinajstić information content (AvgIpc) is 2.09. The molecule has 0 aromatic carbocycles. The minimum atomic E-state index is -0.442. The first kappa shape index (κ1) is 14.4. The molecule has 15 heavy (non-hydrogen) atoms. The van der Waals surface area contributed by atoms with Gasteiger partial charge in [0.1, 0.15) is 0 Å². The molecule has 0 bridgehead atoms. The number of hydrogen-bond donors (Lipinski definition) is 3. The second kappa shape index (κ2) is 6.80. The van der Waals surface area contributed by atoms with Gasteiger partial charge in [-0.15, -0.1) is 0 Å². The van der Waals surface area contributed by atoms with E-state index in [-0.39, 0.29) is 12.5 Å². The van der Waals surface area contributed by atoms with E-state index >= 15 is 0 Å². The Morgan fingerprint density at radius 1 is 1.53 bits per heavy atom. The average molecular weight is 216 g/mol. The smallest absolute Gasteiger partial charge is 0.221 e. The summed E-state index contributed by atoms with van der Waals surface area (Å²) in [6.45, 7) is 6.54. The zero-order valence-electron chi connectivity index (χ0n) is 10.0. The van der Waals surface area contributed by atoms with Gasteiger partial charge in [0.2, 0.25) is 5.91 Å². The Hall–Kier alpha value is -0.610. The predicted molar refractivity (Wildman–Crippen MR) is 61.4 cm³/mol. The van der Waals surface area contributed by atoms with Gasteiger partial charge in [-0.3, -0.25) is 4.79 Å². The normalized spacial score (nSPS) is 13.7. The number of carbonyl (C=O) groups is 1. The SMILES string of the molecule is CC(CO)CCCNC(=O)CC(C)(C)N. The molecule has 1 atom stereocenters. The Balaban J connectivity index is 3.48. The van der Waals surface area contributed by atoms with Crippen LogP contribution in [0.15, 0.2) is 0 Å². The number of rotatable bonds is 7. The summed E-state index contributed by atoms with van der Waals surface area (Å²) in [6.07, 6.45) is 2.18. The highest BCUT2D eigenvalue weighted by Gasteiger charge is 2.15. The molecule has 1 unspecified atom stereocenters. The molecule has 0 spiro atoms. The van der Waals surface area contributed by atoms with Gasteiger partial charge in [0.15, 0.2) is 0 Å². The molecule has 0 rings (SSSR count). The van der Waals surface area contributed by atoms with E-state index in [2.05, 4.69) is 5.32 Å². The molecule has 0 aliphatic rings. The monoisotopic (exact) mass is 216 g/mol. The van der Waals surface area contributed by atoms with Crippen LogP contribution in [0, 0.1) is 5.92 Å². The highest BCUT2D eigenvalue weighted by molar-refractivity contribution is 5.76. The van der Waals surface area contributed by atoms with Crippen LogP contribution in [0.3, 0.4) is 0 Å². The van der Waals surface area contributed by atoms with Crippen molar-refractivity contribution in [3.63, 3.8) is 0 Å². The van der Waals surface area contributed by atoms with E-state index in [1.807, 2.05) is 20.8 Å². The Labute approximate surface area is 92.2 Å². The fraction of sp³-hybridized carbons (Fsp3) is 0.909. The summed E-state index contributed by atoms with van der Waals surface area (Å²) in [5, 5.41) is 11.6. The quantitative estimate of drug-likeness (QED) is 0.547. The van der Waals surface area contributed by atoms with E-state index in [0.717, 1.165) is 12.8 Å². The third kappa shape index (κ3) is 9.69. The maximum absolute atomic E-state index is 11.3. The van der Waals surface area contributed by atoms with Crippen LogP contribution >= 0.6 is 0 Å². The van der Waals surface area contributed by atoms with Crippen LogP contribution in [-0.4, -0.2) is 29.7 Å². The lowest BCUT2D eigenvalue weighted by Gasteiger charge is -2.17. The van der Waals surface area contributed by atoms with Crippen molar-refractivity contribution in [2.24, 2.45) is 11.7 Å². The molecular weight excluding hydrogens is 192 g/mol. The Morgan fingerprint density at radius 3 is 2.60 bits per heavy atom. The molecule has 0 aliphatic heterocycles. The zero-order valence-corrected chi connectivity index (χ0v) is 10.0. The molecule has 0 aromatic rings. The van der Waals surface area contributed by atoms with E-state index in [4.69, 9.17) is 10.8 Å². The lowest BCUT2D eigenvalue weighted by Crippen LogP contribution is -2.39. The summed E-state index contributed by atoms with van der Waals surface area (Å²) in [5.41, 5.74) is 5.27. The minimum absolute atomic E-state index is 0.000786. The minimum Gasteiger partial charge on any atom is -0.396 e. The van der Waals surface area contributed by atoms with Crippen molar-refractivity contribution in [2.75, 3.05) is 13.2 Å². The maximum Gasteiger partial charge on any atom is 0.221 e. The summed E-state index contributed by atoms with van der Waals surface area (Å²) in [7, 11) is 0. The van der Waals surface area contributed by atoms with Crippen molar-refractivity contribution in [1.29, 1.82) is 0 Å². The van der Waals surface area contributed by atoms with Crippen LogP contribution in [0.5, 0.6) is 0 Å². The fourth-order valence-electron chi connectivity index (χ4n) is 1.25. The van der Waals surface area contributed by atoms with Crippen molar-refractivity contribution in [3.05, 3.63) is 0 Å². The second-order valence-corrected chi connectivity index (χ2v) is 4.95. The first-order chi connectivity index (χ1) is 6.85. The van der Waals surface area contributed by atoms with Crippen LogP contribution in [0.1, 0.15) is 40.0 Å². The number of aliphatic hydroxyl groups excluding tert-OH is 1. The van der Waals surface area contributed by atoms with Crippen molar-refractivity contribution in [1.82, 2.24) is 5.32 Å². The summed E-state index contributed by atoms with van der Waals surface area (Å²) in [6, 6.07) is 0.